The topological polar surface area (TPSA) is 64.8 Å². The Morgan fingerprint density at radius 1 is 1.47 bits per heavy atom. The number of benzene rings is 1. The summed E-state index contributed by atoms with van der Waals surface area (Å²) in [6.07, 6.45) is 0.0552. The van der Waals surface area contributed by atoms with Gasteiger partial charge in [0.25, 0.3) is 5.91 Å². The Bertz CT molecular complexity index is 476. The minimum atomic E-state index is -0.0530. The molecule has 0 aromatic heterocycles. The average molecular weight is 264 g/mol. The Labute approximate surface area is 113 Å². The molecule has 2 unspecified atom stereocenters. The molecular formula is C14H20N2O3. The van der Waals surface area contributed by atoms with E-state index >= 15 is 0 Å². The van der Waals surface area contributed by atoms with Crippen LogP contribution in [0.1, 0.15) is 24.2 Å². The van der Waals surface area contributed by atoms with Gasteiger partial charge < -0.3 is 20.1 Å². The highest BCUT2D eigenvalue weighted by Crippen LogP contribution is 2.23. The van der Waals surface area contributed by atoms with E-state index in [1.165, 1.54) is 0 Å². The van der Waals surface area contributed by atoms with Crippen molar-refractivity contribution in [2.75, 3.05) is 26.0 Å². The zero-order valence-electron chi connectivity index (χ0n) is 11.6. The molecule has 1 aliphatic heterocycles. The molecule has 0 saturated carbocycles. The molecule has 19 heavy (non-hydrogen) atoms. The quantitative estimate of drug-likeness (QED) is 0.823. The number of rotatable bonds is 2. The summed E-state index contributed by atoms with van der Waals surface area (Å²) in [5.74, 6) is 0.597. The van der Waals surface area contributed by atoms with Crippen molar-refractivity contribution in [3.8, 4) is 5.75 Å². The first kappa shape index (κ1) is 13.7. The minimum absolute atomic E-state index is 0.0530. The van der Waals surface area contributed by atoms with Crippen LogP contribution in [0.25, 0.3) is 0 Å². The van der Waals surface area contributed by atoms with Gasteiger partial charge in [0.15, 0.2) is 0 Å². The largest absolute Gasteiger partial charge is 0.497 e. The summed E-state index contributed by atoms with van der Waals surface area (Å²) in [5, 5.41) is 0. The number of morpholine rings is 1. The predicted molar refractivity (Wildman–Crippen MR) is 73.3 cm³/mol. The lowest BCUT2D eigenvalue weighted by Gasteiger charge is -2.37. The van der Waals surface area contributed by atoms with E-state index in [-0.39, 0.29) is 18.1 Å². The van der Waals surface area contributed by atoms with Crippen LogP contribution >= 0.6 is 0 Å². The number of methoxy groups -OCH3 is 1. The summed E-state index contributed by atoms with van der Waals surface area (Å²) >= 11 is 0. The third-order valence-electron chi connectivity index (χ3n) is 3.36. The van der Waals surface area contributed by atoms with E-state index in [4.69, 9.17) is 15.2 Å². The van der Waals surface area contributed by atoms with Gasteiger partial charge in [0, 0.05) is 18.3 Å². The molecule has 2 atom stereocenters. The minimum Gasteiger partial charge on any atom is -0.497 e. The van der Waals surface area contributed by atoms with Crippen molar-refractivity contribution in [1.29, 1.82) is 0 Å². The van der Waals surface area contributed by atoms with Gasteiger partial charge >= 0.3 is 0 Å². The van der Waals surface area contributed by atoms with Crippen LogP contribution in [0.15, 0.2) is 18.2 Å². The molecule has 0 spiro atoms. The van der Waals surface area contributed by atoms with Crippen LogP contribution in [-0.2, 0) is 4.74 Å². The normalized spacial score (nSPS) is 23.2. The molecule has 1 aliphatic rings. The molecule has 2 N–H and O–H groups in total. The highest BCUT2D eigenvalue weighted by atomic mass is 16.5. The third kappa shape index (κ3) is 2.81. The predicted octanol–water partition coefficient (Wildman–Crippen LogP) is 1.53. The van der Waals surface area contributed by atoms with E-state index in [1.54, 1.807) is 25.3 Å². The molecule has 1 saturated heterocycles. The second kappa shape index (κ2) is 5.48. The Kier molecular flexibility index (Phi) is 3.95. The Morgan fingerprint density at radius 2 is 2.21 bits per heavy atom. The smallest absolute Gasteiger partial charge is 0.256 e. The van der Waals surface area contributed by atoms with Crippen molar-refractivity contribution >= 4 is 11.6 Å². The molecule has 104 valence electrons. The van der Waals surface area contributed by atoms with Crippen LogP contribution in [0.4, 0.5) is 5.69 Å². The van der Waals surface area contributed by atoms with Crippen molar-refractivity contribution in [2.45, 2.75) is 26.0 Å². The first-order chi connectivity index (χ1) is 9.02. The summed E-state index contributed by atoms with van der Waals surface area (Å²) in [6, 6.07) is 5.19. The fourth-order valence-corrected chi connectivity index (χ4v) is 2.20. The van der Waals surface area contributed by atoms with Crippen LogP contribution in [0.3, 0.4) is 0 Å². The SMILES string of the molecule is COc1ccc(C(=O)N2CC(C)OCC2C)c(N)c1. The number of carbonyl (C=O) groups is 1. The molecule has 1 heterocycles. The second-order valence-electron chi connectivity index (χ2n) is 4.90. The summed E-state index contributed by atoms with van der Waals surface area (Å²) in [4.78, 5) is 14.3. The molecule has 5 nitrogen and oxygen atoms in total. The van der Waals surface area contributed by atoms with Crippen LogP contribution < -0.4 is 10.5 Å². The van der Waals surface area contributed by atoms with Gasteiger partial charge in [-0.2, -0.15) is 0 Å². The lowest BCUT2D eigenvalue weighted by molar-refractivity contribution is -0.0386. The number of nitrogens with two attached hydrogens (primary N) is 1. The summed E-state index contributed by atoms with van der Waals surface area (Å²) in [6.45, 7) is 5.08. The van der Waals surface area contributed by atoms with Gasteiger partial charge in [-0.25, -0.2) is 0 Å². The molecule has 1 fully saturated rings. The third-order valence-corrected chi connectivity index (χ3v) is 3.36. The van der Waals surface area contributed by atoms with Gasteiger partial charge in [-0.05, 0) is 26.0 Å². The van der Waals surface area contributed by atoms with E-state index in [2.05, 4.69) is 0 Å². The lowest BCUT2D eigenvalue weighted by atomic mass is 10.1. The molecule has 0 aliphatic carbocycles. The second-order valence-corrected chi connectivity index (χ2v) is 4.90. The van der Waals surface area contributed by atoms with Gasteiger partial charge in [-0.3, -0.25) is 4.79 Å². The van der Waals surface area contributed by atoms with Gasteiger partial charge in [0.1, 0.15) is 5.75 Å². The number of anilines is 1. The maximum Gasteiger partial charge on any atom is 0.256 e. The summed E-state index contributed by atoms with van der Waals surface area (Å²) < 4.78 is 10.6. The van der Waals surface area contributed by atoms with E-state index in [9.17, 15) is 4.79 Å². The number of nitrogen functional groups attached to an aromatic ring is 1. The number of amides is 1. The molecular weight excluding hydrogens is 244 g/mol. The molecule has 0 radical (unpaired) electrons. The molecule has 0 bridgehead atoms. The van der Waals surface area contributed by atoms with Gasteiger partial charge in [-0.1, -0.05) is 0 Å². The van der Waals surface area contributed by atoms with Crippen molar-refractivity contribution < 1.29 is 14.3 Å². The van der Waals surface area contributed by atoms with Gasteiger partial charge in [0.05, 0.1) is 31.4 Å². The van der Waals surface area contributed by atoms with E-state index in [0.29, 0.717) is 30.2 Å². The monoisotopic (exact) mass is 264 g/mol. The highest BCUT2D eigenvalue weighted by molar-refractivity contribution is 5.99. The first-order valence-electron chi connectivity index (χ1n) is 6.39. The fraction of sp³-hybridized carbons (Fsp3) is 0.500. The summed E-state index contributed by atoms with van der Waals surface area (Å²) in [5.41, 5.74) is 6.88. The number of hydrogen-bond donors (Lipinski definition) is 1. The Balaban J connectivity index is 2.23. The summed E-state index contributed by atoms with van der Waals surface area (Å²) in [7, 11) is 1.57. The molecule has 1 aromatic rings. The van der Waals surface area contributed by atoms with Crippen LogP contribution in [0.2, 0.25) is 0 Å². The molecule has 1 amide bonds. The zero-order valence-corrected chi connectivity index (χ0v) is 11.6. The van der Waals surface area contributed by atoms with Crippen molar-refractivity contribution in [3.63, 3.8) is 0 Å². The Morgan fingerprint density at radius 3 is 2.84 bits per heavy atom. The van der Waals surface area contributed by atoms with Crippen LogP contribution in [0.5, 0.6) is 5.75 Å². The first-order valence-corrected chi connectivity index (χ1v) is 6.39. The fourth-order valence-electron chi connectivity index (χ4n) is 2.20. The van der Waals surface area contributed by atoms with E-state index < -0.39 is 0 Å². The Hall–Kier alpha value is -1.75. The number of carbonyl (C=O) groups excluding carboxylic acids is 1. The van der Waals surface area contributed by atoms with Gasteiger partial charge in [0.2, 0.25) is 0 Å². The maximum absolute atomic E-state index is 12.5. The maximum atomic E-state index is 12.5. The van der Waals surface area contributed by atoms with Crippen molar-refractivity contribution in [2.24, 2.45) is 0 Å². The van der Waals surface area contributed by atoms with Crippen LogP contribution in [0, 0.1) is 0 Å². The zero-order chi connectivity index (χ0) is 14.0. The van der Waals surface area contributed by atoms with Crippen molar-refractivity contribution in [3.05, 3.63) is 23.8 Å². The van der Waals surface area contributed by atoms with Gasteiger partial charge in [-0.15, -0.1) is 0 Å². The number of nitrogens with zero attached hydrogens (tertiary/aromatic N) is 1. The lowest BCUT2D eigenvalue weighted by Crippen LogP contribution is -2.50. The number of hydrogen-bond acceptors (Lipinski definition) is 4. The van der Waals surface area contributed by atoms with Crippen LogP contribution in [-0.4, -0.2) is 43.2 Å². The van der Waals surface area contributed by atoms with E-state index in [0.717, 1.165) is 0 Å². The highest BCUT2D eigenvalue weighted by Gasteiger charge is 2.29. The molecule has 5 heteroatoms. The standard InChI is InChI=1S/C14H20N2O3/c1-9-8-19-10(2)7-16(9)14(17)12-5-4-11(18-3)6-13(12)15/h4-6,9-10H,7-8,15H2,1-3H3. The van der Waals surface area contributed by atoms with E-state index in [1.807, 2.05) is 18.7 Å². The van der Waals surface area contributed by atoms with Crippen molar-refractivity contribution in [1.82, 2.24) is 4.90 Å². The average Bonchev–Trinajstić information content (AvgIpc) is 2.40. The molecule has 1 aromatic carbocycles. The number of ether oxygens (including phenoxy) is 2. The molecule has 2 rings (SSSR count).